The highest BCUT2D eigenvalue weighted by atomic mass is 32.2. The van der Waals surface area contributed by atoms with Crippen LogP contribution in [0.4, 0.5) is 5.95 Å². The molecule has 1 aromatic heterocycles. The second kappa shape index (κ2) is 2.91. The van der Waals surface area contributed by atoms with E-state index >= 15 is 0 Å². The predicted molar refractivity (Wildman–Crippen MR) is 51.6 cm³/mol. The quantitative estimate of drug-likeness (QED) is 0.661. The second-order valence-corrected chi connectivity index (χ2v) is 5.37. The van der Waals surface area contributed by atoms with Gasteiger partial charge in [0.25, 0.3) is 0 Å². The smallest absolute Gasteiger partial charge is 0.221 e. The van der Waals surface area contributed by atoms with Crippen LogP contribution >= 0.6 is 0 Å². The van der Waals surface area contributed by atoms with Crippen molar-refractivity contribution in [3.8, 4) is 0 Å². The fourth-order valence-corrected chi connectivity index (χ4v) is 2.65. The van der Waals surface area contributed by atoms with Crippen molar-refractivity contribution in [2.75, 3.05) is 12.0 Å². The minimum absolute atomic E-state index is 0.0473. The molecule has 0 unspecified atom stereocenters. The van der Waals surface area contributed by atoms with E-state index in [2.05, 4.69) is 9.97 Å². The lowest BCUT2D eigenvalue weighted by atomic mass is 10.3. The molecule has 0 saturated carbocycles. The minimum atomic E-state index is -3.28. The van der Waals surface area contributed by atoms with Crippen molar-refractivity contribution in [1.29, 1.82) is 0 Å². The van der Waals surface area contributed by atoms with Gasteiger partial charge in [0.05, 0.1) is 5.69 Å². The van der Waals surface area contributed by atoms with Crippen molar-refractivity contribution >= 4 is 15.8 Å². The summed E-state index contributed by atoms with van der Waals surface area (Å²) in [6.45, 7) is 0. The number of hydrogen-bond donors (Lipinski definition) is 1. The summed E-state index contributed by atoms with van der Waals surface area (Å²) in [5.41, 5.74) is 6.98. The molecule has 1 aromatic rings. The number of aryl methyl sites for hydroxylation is 1. The molecule has 0 aliphatic heterocycles. The van der Waals surface area contributed by atoms with E-state index in [-0.39, 0.29) is 11.0 Å². The Kier molecular flexibility index (Phi) is 1.95. The van der Waals surface area contributed by atoms with Crippen LogP contribution in [0.25, 0.3) is 0 Å². The molecule has 1 aliphatic carbocycles. The maximum Gasteiger partial charge on any atom is 0.221 e. The van der Waals surface area contributed by atoms with E-state index in [1.165, 1.54) is 0 Å². The van der Waals surface area contributed by atoms with E-state index in [0.29, 0.717) is 0 Å². The third-order valence-corrected chi connectivity index (χ3v) is 3.30. The third-order valence-electron chi connectivity index (χ3n) is 2.26. The van der Waals surface area contributed by atoms with E-state index < -0.39 is 9.84 Å². The highest BCUT2D eigenvalue weighted by Gasteiger charge is 2.23. The lowest BCUT2D eigenvalue weighted by molar-refractivity contribution is 0.596. The van der Waals surface area contributed by atoms with Gasteiger partial charge in [-0.1, -0.05) is 0 Å². The fourth-order valence-electron chi connectivity index (χ4n) is 1.72. The van der Waals surface area contributed by atoms with Gasteiger partial charge in [0.1, 0.15) is 0 Å². The minimum Gasteiger partial charge on any atom is -0.368 e. The van der Waals surface area contributed by atoms with Crippen molar-refractivity contribution in [3.05, 3.63) is 11.3 Å². The van der Waals surface area contributed by atoms with E-state index in [1.807, 2.05) is 0 Å². The second-order valence-electron chi connectivity index (χ2n) is 3.44. The summed E-state index contributed by atoms with van der Waals surface area (Å²) in [5.74, 6) is 0.0473. The van der Waals surface area contributed by atoms with Crippen LogP contribution in [0.5, 0.6) is 0 Å². The molecule has 2 rings (SSSR count). The summed E-state index contributed by atoms with van der Waals surface area (Å²) < 4.78 is 22.8. The largest absolute Gasteiger partial charge is 0.368 e. The van der Waals surface area contributed by atoms with Gasteiger partial charge in [0.15, 0.2) is 14.9 Å². The van der Waals surface area contributed by atoms with Crippen molar-refractivity contribution in [2.45, 2.75) is 24.3 Å². The monoisotopic (exact) mass is 213 g/mol. The van der Waals surface area contributed by atoms with Crippen LogP contribution in [-0.4, -0.2) is 24.6 Å². The van der Waals surface area contributed by atoms with Crippen LogP contribution in [0, 0.1) is 0 Å². The maximum atomic E-state index is 11.4. The van der Waals surface area contributed by atoms with Crippen molar-refractivity contribution in [1.82, 2.24) is 9.97 Å². The zero-order chi connectivity index (χ0) is 10.3. The zero-order valence-corrected chi connectivity index (χ0v) is 8.63. The molecule has 0 fully saturated rings. The number of anilines is 1. The molecule has 76 valence electrons. The van der Waals surface area contributed by atoms with Crippen LogP contribution in [0.3, 0.4) is 0 Å². The SMILES string of the molecule is CS(=O)(=O)c1nc(N)nc2c1CCC2. The van der Waals surface area contributed by atoms with Gasteiger partial charge >= 0.3 is 0 Å². The van der Waals surface area contributed by atoms with Gasteiger partial charge in [0.2, 0.25) is 5.95 Å². The lowest BCUT2D eigenvalue weighted by Crippen LogP contribution is -2.10. The fraction of sp³-hybridized carbons (Fsp3) is 0.500. The molecule has 1 heterocycles. The van der Waals surface area contributed by atoms with E-state index in [0.717, 1.165) is 36.8 Å². The molecule has 5 nitrogen and oxygen atoms in total. The normalized spacial score (nSPS) is 15.5. The number of nitrogen functional groups attached to an aromatic ring is 1. The Morgan fingerprint density at radius 3 is 2.64 bits per heavy atom. The molecule has 0 bridgehead atoms. The lowest BCUT2D eigenvalue weighted by Gasteiger charge is -2.05. The summed E-state index contributed by atoms with van der Waals surface area (Å²) >= 11 is 0. The Bertz CT molecular complexity index is 482. The summed E-state index contributed by atoms with van der Waals surface area (Å²) in [5, 5.41) is 0.109. The molecule has 0 amide bonds. The average molecular weight is 213 g/mol. The Balaban J connectivity index is 2.72. The highest BCUT2D eigenvalue weighted by molar-refractivity contribution is 7.90. The molecule has 0 aromatic carbocycles. The molecule has 0 saturated heterocycles. The number of hydrogen-bond acceptors (Lipinski definition) is 5. The first-order valence-corrected chi connectivity index (χ1v) is 6.23. The molecule has 0 radical (unpaired) electrons. The van der Waals surface area contributed by atoms with E-state index in [4.69, 9.17) is 5.73 Å². The summed E-state index contributed by atoms with van der Waals surface area (Å²) in [6.07, 6.45) is 3.60. The Morgan fingerprint density at radius 1 is 1.29 bits per heavy atom. The standard InChI is InChI=1S/C8H11N3O2S/c1-14(12,13)7-5-3-2-4-6(5)10-8(9)11-7/h2-4H2,1H3,(H2,9,10,11). The van der Waals surface area contributed by atoms with E-state index in [9.17, 15) is 8.42 Å². The van der Waals surface area contributed by atoms with Crippen LogP contribution in [-0.2, 0) is 22.7 Å². The average Bonchev–Trinajstić information content (AvgIpc) is 2.47. The molecule has 6 heteroatoms. The molecule has 0 spiro atoms. The highest BCUT2D eigenvalue weighted by Crippen LogP contribution is 2.26. The summed E-state index contributed by atoms with van der Waals surface area (Å²) in [7, 11) is -3.28. The van der Waals surface area contributed by atoms with Crippen LogP contribution in [0.15, 0.2) is 5.03 Å². The zero-order valence-electron chi connectivity index (χ0n) is 7.82. The van der Waals surface area contributed by atoms with Gasteiger partial charge in [-0.2, -0.15) is 0 Å². The summed E-state index contributed by atoms with van der Waals surface area (Å²) in [4.78, 5) is 7.82. The molecular weight excluding hydrogens is 202 g/mol. The number of nitrogens with zero attached hydrogens (tertiary/aromatic N) is 2. The third kappa shape index (κ3) is 1.45. The first kappa shape index (κ1) is 9.39. The molecule has 0 atom stereocenters. The first-order valence-electron chi connectivity index (χ1n) is 4.34. The van der Waals surface area contributed by atoms with Gasteiger partial charge in [-0.3, -0.25) is 0 Å². The van der Waals surface area contributed by atoms with Crippen LogP contribution < -0.4 is 5.73 Å². The molecule has 1 aliphatic rings. The van der Waals surface area contributed by atoms with Crippen LogP contribution in [0.2, 0.25) is 0 Å². The Morgan fingerprint density at radius 2 is 2.00 bits per heavy atom. The van der Waals surface area contributed by atoms with Crippen LogP contribution in [0.1, 0.15) is 17.7 Å². The number of nitrogens with two attached hydrogens (primary N) is 1. The number of fused-ring (bicyclic) bond motifs is 1. The number of aromatic nitrogens is 2. The van der Waals surface area contributed by atoms with Gasteiger partial charge in [-0.25, -0.2) is 18.4 Å². The maximum absolute atomic E-state index is 11.4. The van der Waals surface area contributed by atoms with Crippen molar-refractivity contribution in [3.63, 3.8) is 0 Å². The van der Waals surface area contributed by atoms with E-state index in [1.54, 1.807) is 0 Å². The van der Waals surface area contributed by atoms with Crippen molar-refractivity contribution < 1.29 is 8.42 Å². The van der Waals surface area contributed by atoms with Crippen molar-refractivity contribution in [2.24, 2.45) is 0 Å². The predicted octanol–water partition coefficient (Wildman–Crippen LogP) is -0.0490. The first-order chi connectivity index (χ1) is 6.48. The van der Waals surface area contributed by atoms with Gasteiger partial charge in [0, 0.05) is 11.8 Å². The van der Waals surface area contributed by atoms with Gasteiger partial charge in [-0.15, -0.1) is 0 Å². The molecule has 2 N–H and O–H groups in total. The Hall–Kier alpha value is -1.17. The summed E-state index contributed by atoms with van der Waals surface area (Å²) in [6, 6.07) is 0. The topological polar surface area (TPSA) is 85.9 Å². The van der Waals surface area contributed by atoms with Gasteiger partial charge in [-0.05, 0) is 19.3 Å². The number of sulfone groups is 1. The Labute approximate surface area is 82.3 Å². The molecule has 14 heavy (non-hydrogen) atoms. The van der Waals surface area contributed by atoms with Gasteiger partial charge < -0.3 is 5.73 Å². The number of rotatable bonds is 1. The molecular formula is C8H11N3O2S.